The van der Waals surface area contributed by atoms with Gasteiger partial charge in [0.15, 0.2) is 0 Å². The fourth-order valence-electron chi connectivity index (χ4n) is 1.92. The second-order valence-corrected chi connectivity index (χ2v) is 6.01. The van der Waals surface area contributed by atoms with E-state index in [9.17, 15) is 4.79 Å². The van der Waals surface area contributed by atoms with Gasteiger partial charge in [-0.15, -0.1) is 11.3 Å². The van der Waals surface area contributed by atoms with Crippen molar-refractivity contribution in [2.45, 2.75) is 33.1 Å². The van der Waals surface area contributed by atoms with E-state index in [4.69, 9.17) is 0 Å². The average molecular weight is 300 g/mol. The molecule has 4 heteroatoms. The van der Waals surface area contributed by atoms with E-state index in [1.807, 2.05) is 37.3 Å². The van der Waals surface area contributed by atoms with Crippen molar-refractivity contribution in [3.63, 3.8) is 0 Å². The van der Waals surface area contributed by atoms with E-state index in [0.717, 1.165) is 23.4 Å². The third-order valence-electron chi connectivity index (χ3n) is 3.20. The smallest absolute Gasteiger partial charge is 0.240 e. The molecule has 0 bridgehead atoms. The number of benzene rings is 1. The summed E-state index contributed by atoms with van der Waals surface area (Å²) < 4.78 is 0. The number of aryl methyl sites for hydroxylation is 2. The molecular formula is C17H20N2OS. The molecule has 0 radical (unpaired) electrons. The lowest BCUT2D eigenvalue weighted by Gasteiger charge is -2.02. The summed E-state index contributed by atoms with van der Waals surface area (Å²) in [7, 11) is 0. The summed E-state index contributed by atoms with van der Waals surface area (Å²) in [6.45, 7) is 4.05. The zero-order chi connectivity index (χ0) is 15.1. The van der Waals surface area contributed by atoms with Gasteiger partial charge >= 0.3 is 0 Å². The fourth-order valence-corrected chi connectivity index (χ4v) is 2.81. The second-order valence-electron chi connectivity index (χ2n) is 4.84. The molecule has 110 valence electrons. The quantitative estimate of drug-likeness (QED) is 0.640. The number of rotatable bonds is 6. The minimum atomic E-state index is -0.0505. The van der Waals surface area contributed by atoms with Gasteiger partial charge in [-0.25, -0.2) is 5.43 Å². The summed E-state index contributed by atoms with van der Waals surface area (Å²) in [5.41, 5.74) is 4.65. The Morgan fingerprint density at radius 2 is 1.95 bits per heavy atom. The molecule has 0 aliphatic carbocycles. The monoisotopic (exact) mass is 300 g/mol. The van der Waals surface area contributed by atoms with Crippen LogP contribution >= 0.6 is 11.3 Å². The lowest BCUT2D eigenvalue weighted by Crippen LogP contribution is -2.19. The molecule has 2 rings (SSSR count). The first-order chi connectivity index (χ1) is 10.2. The third kappa shape index (κ3) is 4.83. The Morgan fingerprint density at radius 3 is 2.62 bits per heavy atom. The molecule has 0 aliphatic heterocycles. The van der Waals surface area contributed by atoms with E-state index >= 15 is 0 Å². The minimum absolute atomic E-state index is 0.0505. The molecule has 0 saturated carbocycles. The van der Waals surface area contributed by atoms with Gasteiger partial charge < -0.3 is 0 Å². The summed E-state index contributed by atoms with van der Waals surface area (Å²) in [6.07, 6.45) is 2.22. The highest BCUT2D eigenvalue weighted by atomic mass is 32.1. The topological polar surface area (TPSA) is 41.5 Å². The molecule has 0 atom stereocenters. The summed E-state index contributed by atoms with van der Waals surface area (Å²) in [6, 6.07) is 14.2. The van der Waals surface area contributed by atoms with Gasteiger partial charge in [-0.05, 0) is 37.5 Å². The number of hydrogen-bond acceptors (Lipinski definition) is 3. The highest BCUT2D eigenvalue weighted by molar-refractivity contribution is 7.14. The van der Waals surface area contributed by atoms with Crippen molar-refractivity contribution in [1.82, 2.24) is 5.43 Å². The van der Waals surface area contributed by atoms with E-state index in [2.05, 4.69) is 29.6 Å². The van der Waals surface area contributed by atoms with Crippen LogP contribution in [-0.2, 0) is 17.6 Å². The van der Waals surface area contributed by atoms with Gasteiger partial charge in [0.05, 0.1) is 10.6 Å². The first kappa shape index (κ1) is 15.4. The van der Waals surface area contributed by atoms with Crippen LogP contribution in [0.15, 0.2) is 47.6 Å². The van der Waals surface area contributed by atoms with Gasteiger partial charge in [-0.3, -0.25) is 4.79 Å². The summed E-state index contributed by atoms with van der Waals surface area (Å²) in [5.74, 6) is -0.0505. The van der Waals surface area contributed by atoms with Crippen LogP contribution < -0.4 is 5.43 Å². The van der Waals surface area contributed by atoms with Crippen molar-refractivity contribution in [3.8, 4) is 0 Å². The van der Waals surface area contributed by atoms with Crippen LogP contribution in [0.2, 0.25) is 0 Å². The molecule has 1 heterocycles. The Morgan fingerprint density at radius 1 is 1.19 bits per heavy atom. The van der Waals surface area contributed by atoms with Crippen LogP contribution in [0.1, 0.15) is 35.6 Å². The van der Waals surface area contributed by atoms with Gasteiger partial charge in [-0.2, -0.15) is 5.10 Å². The van der Waals surface area contributed by atoms with Gasteiger partial charge in [0.2, 0.25) is 5.91 Å². The number of hydrazone groups is 1. The minimum Gasteiger partial charge on any atom is -0.273 e. The normalized spacial score (nSPS) is 11.4. The Kier molecular flexibility index (Phi) is 5.69. The molecule has 2 aromatic rings. The van der Waals surface area contributed by atoms with Crippen LogP contribution in [0.3, 0.4) is 0 Å². The van der Waals surface area contributed by atoms with Crippen LogP contribution in [-0.4, -0.2) is 11.6 Å². The molecule has 21 heavy (non-hydrogen) atoms. The van der Waals surface area contributed by atoms with Crippen LogP contribution in [0.5, 0.6) is 0 Å². The molecular weight excluding hydrogens is 280 g/mol. The largest absolute Gasteiger partial charge is 0.273 e. The highest BCUT2D eigenvalue weighted by Gasteiger charge is 2.04. The molecule has 1 aromatic heterocycles. The first-order valence-corrected chi connectivity index (χ1v) is 7.97. The van der Waals surface area contributed by atoms with Gasteiger partial charge in [0.1, 0.15) is 0 Å². The zero-order valence-electron chi connectivity index (χ0n) is 12.4. The number of nitrogens with one attached hydrogen (secondary N) is 1. The van der Waals surface area contributed by atoms with Crippen LogP contribution in [0.4, 0.5) is 0 Å². The Hall–Kier alpha value is -1.94. The van der Waals surface area contributed by atoms with E-state index in [-0.39, 0.29) is 5.91 Å². The maximum Gasteiger partial charge on any atom is 0.240 e. The van der Waals surface area contributed by atoms with Crippen molar-refractivity contribution in [2.75, 3.05) is 0 Å². The first-order valence-electron chi connectivity index (χ1n) is 7.15. The SMILES string of the molecule is CCc1ccc(/C(C)=N/NC(=O)CCc2ccccc2)s1. The number of carbonyl (C=O) groups excluding carboxylic acids is 1. The van der Waals surface area contributed by atoms with E-state index in [0.29, 0.717) is 6.42 Å². The average Bonchev–Trinajstić information content (AvgIpc) is 3.00. The van der Waals surface area contributed by atoms with E-state index < -0.39 is 0 Å². The molecule has 0 saturated heterocycles. The standard InChI is InChI=1S/C17H20N2OS/c1-3-15-10-11-16(21-15)13(2)18-19-17(20)12-9-14-7-5-4-6-8-14/h4-8,10-11H,3,9,12H2,1-2H3,(H,19,20)/b18-13+. The summed E-state index contributed by atoms with van der Waals surface area (Å²) in [4.78, 5) is 14.2. The highest BCUT2D eigenvalue weighted by Crippen LogP contribution is 2.17. The van der Waals surface area contributed by atoms with Gasteiger partial charge in [0, 0.05) is 11.3 Å². The Balaban J connectivity index is 1.83. The predicted octanol–water partition coefficient (Wildman–Crippen LogP) is 3.78. The molecule has 1 N–H and O–H groups in total. The predicted molar refractivity (Wildman–Crippen MR) is 88.8 cm³/mol. The molecule has 0 aliphatic rings. The molecule has 0 fully saturated rings. The molecule has 1 amide bonds. The number of hydrogen-bond donors (Lipinski definition) is 1. The lowest BCUT2D eigenvalue weighted by molar-refractivity contribution is -0.121. The van der Waals surface area contributed by atoms with Crippen molar-refractivity contribution in [3.05, 3.63) is 57.8 Å². The van der Waals surface area contributed by atoms with Crippen molar-refractivity contribution < 1.29 is 4.79 Å². The van der Waals surface area contributed by atoms with Crippen LogP contribution in [0.25, 0.3) is 0 Å². The number of amides is 1. The molecule has 0 unspecified atom stereocenters. The van der Waals surface area contributed by atoms with Gasteiger partial charge in [0.25, 0.3) is 0 Å². The van der Waals surface area contributed by atoms with E-state index in [1.54, 1.807) is 11.3 Å². The van der Waals surface area contributed by atoms with Crippen LogP contribution in [0, 0.1) is 0 Å². The Labute approximate surface area is 129 Å². The zero-order valence-corrected chi connectivity index (χ0v) is 13.2. The maximum absolute atomic E-state index is 11.8. The lowest BCUT2D eigenvalue weighted by atomic mass is 10.1. The Bertz CT molecular complexity index is 617. The summed E-state index contributed by atoms with van der Waals surface area (Å²) in [5, 5.41) is 4.18. The van der Waals surface area contributed by atoms with Crippen molar-refractivity contribution in [2.24, 2.45) is 5.10 Å². The third-order valence-corrected chi connectivity index (χ3v) is 4.54. The fraction of sp³-hybridized carbons (Fsp3) is 0.294. The number of carbonyl (C=O) groups is 1. The number of nitrogens with zero attached hydrogens (tertiary/aromatic N) is 1. The van der Waals surface area contributed by atoms with E-state index in [1.165, 1.54) is 10.4 Å². The molecule has 3 nitrogen and oxygen atoms in total. The van der Waals surface area contributed by atoms with Crippen molar-refractivity contribution in [1.29, 1.82) is 0 Å². The van der Waals surface area contributed by atoms with Gasteiger partial charge in [-0.1, -0.05) is 37.3 Å². The molecule has 0 spiro atoms. The molecule has 1 aromatic carbocycles. The maximum atomic E-state index is 11.8. The number of thiophene rings is 1. The second kappa shape index (κ2) is 7.74. The van der Waals surface area contributed by atoms with Crippen molar-refractivity contribution >= 4 is 23.0 Å². The summed E-state index contributed by atoms with van der Waals surface area (Å²) >= 11 is 1.72.